The van der Waals surface area contributed by atoms with Gasteiger partial charge in [0.15, 0.2) is 0 Å². The highest BCUT2D eigenvalue weighted by Crippen LogP contribution is 2.30. The summed E-state index contributed by atoms with van der Waals surface area (Å²) in [6, 6.07) is 13.8. The molecule has 10 heteroatoms. The second-order valence-corrected chi connectivity index (χ2v) is 11.8. The summed E-state index contributed by atoms with van der Waals surface area (Å²) in [6.07, 6.45) is 2.28. The lowest BCUT2D eigenvalue weighted by atomic mass is 10.1. The number of amides is 2. The van der Waals surface area contributed by atoms with Crippen molar-refractivity contribution in [1.29, 1.82) is 0 Å². The summed E-state index contributed by atoms with van der Waals surface area (Å²) >= 11 is 3.46. The summed E-state index contributed by atoms with van der Waals surface area (Å²) in [5, 5.41) is 2.95. The summed E-state index contributed by atoms with van der Waals surface area (Å²) in [5.74, 6) is 0.0211. The van der Waals surface area contributed by atoms with E-state index in [9.17, 15) is 18.0 Å². The molecule has 0 saturated carbocycles. The molecule has 0 fully saturated rings. The zero-order valence-electron chi connectivity index (χ0n) is 22.2. The molecule has 0 spiro atoms. The number of rotatable bonds is 14. The number of carbonyl (C=O) groups excluding carboxylic acids is 2. The van der Waals surface area contributed by atoms with E-state index in [1.807, 2.05) is 45.0 Å². The van der Waals surface area contributed by atoms with Gasteiger partial charge in [-0.2, -0.15) is 0 Å². The van der Waals surface area contributed by atoms with E-state index < -0.39 is 16.1 Å². The van der Waals surface area contributed by atoms with Crippen molar-refractivity contribution in [2.75, 3.05) is 23.7 Å². The summed E-state index contributed by atoms with van der Waals surface area (Å²) in [5.41, 5.74) is 1.32. The van der Waals surface area contributed by atoms with E-state index in [1.165, 1.54) is 4.31 Å². The maximum atomic E-state index is 13.4. The quantitative estimate of drug-likeness (QED) is 0.341. The lowest BCUT2D eigenvalue weighted by Gasteiger charge is -2.30. The van der Waals surface area contributed by atoms with Gasteiger partial charge in [0.05, 0.1) is 18.6 Å². The number of hydrogen-bond acceptors (Lipinski definition) is 5. The molecule has 2 aromatic carbocycles. The number of hydrogen-bond donors (Lipinski definition) is 1. The van der Waals surface area contributed by atoms with E-state index in [1.54, 1.807) is 36.1 Å². The highest BCUT2D eigenvalue weighted by atomic mass is 79.9. The SMILES string of the molecule is CCOc1ccccc1N(CCCC(=O)N(Cc1cccc(Br)c1)[C@H](C)C(=O)N[C@@H](C)CC)S(C)(=O)=O. The zero-order valence-corrected chi connectivity index (χ0v) is 24.6. The molecule has 0 aliphatic rings. The van der Waals surface area contributed by atoms with Crippen LogP contribution in [0.15, 0.2) is 53.0 Å². The van der Waals surface area contributed by atoms with Crippen LogP contribution in [0.5, 0.6) is 5.75 Å². The standard InChI is InChI=1S/C27H38BrN3O5S/c1-6-20(3)29-27(33)21(4)30(19-22-12-10-13-23(28)18-22)26(32)16-11-17-31(37(5,34)35)24-14-8-9-15-25(24)36-7-2/h8-10,12-15,18,20-21H,6-7,11,16-17,19H2,1-5H3,(H,29,33)/t20-,21+/m0/s1. The zero-order chi connectivity index (χ0) is 27.6. The molecule has 2 rings (SSSR count). The molecule has 0 saturated heterocycles. The van der Waals surface area contributed by atoms with Crippen molar-refractivity contribution in [2.24, 2.45) is 0 Å². The first-order valence-electron chi connectivity index (χ1n) is 12.5. The van der Waals surface area contributed by atoms with Crippen molar-refractivity contribution in [2.45, 2.75) is 65.6 Å². The summed E-state index contributed by atoms with van der Waals surface area (Å²) in [7, 11) is -3.62. The van der Waals surface area contributed by atoms with Crippen molar-refractivity contribution in [3.8, 4) is 5.75 Å². The Morgan fingerprint density at radius 2 is 1.78 bits per heavy atom. The van der Waals surface area contributed by atoms with Crippen LogP contribution in [0.25, 0.3) is 0 Å². The molecule has 2 amide bonds. The Balaban J connectivity index is 2.21. The minimum absolute atomic E-state index is 0.00787. The summed E-state index contributed by atoms with van der Waals surface area (Å²) in [6.45, 7) is 8.22. The number of carbonyl (C=O) groups is 2. The molecule has 8 nitrogen and oxygen atoms in total. The number of para-hydroxylation sites is 2. The third kappa shape index (κ3) is 9.34. The first kappa shape index (κ1) is 30.6. The maximum absolute atomic E-state index is 13.4. The molecule has 0 bridgehead atoms. The van der Waals surface area contributed by atoms with E-state index in [0.29, 0.717) is 18.0 Å². The van der Waals surface area contributed by atoms with Gasteiger partial charge in [-0.1, -0.05) is 47.1 Å². The van der Waals surface area contributed by atoms with Gasteiger partial charge in [0.1, 0.15) is 11.8 Å². The first-order valence-corrected chi connectivity index (χ1v) is 15.2. The number of sulfonamides is 1. The highest BCUT2D eigenvalue weighted by Gasteiger charge is 2.27. The van der Waals surface area contributed by atoms with Crippen molar-refractivity contribution < 1.29 is 22.7 Å². The van der Waals surface area contributed by atoms with Crippen LogP contribution in [0.1, 0.15) is 52.5 Å². The van der Waals surface area contributed by atoms with Crippen LogP contribution in [0.3, 0.4) is 0 Å². The molecule has 2 aromatic rings. The van der Waals surface area contributed by atoms with Crippen molar-refractivity contribution in [3.05, 3.63) is 58.6 Å². The fourth-order valence-electron chi connectivity index (χ4n) is 3.80. The Morgan fingerprint density at radius 3 is 2.41 bits per heavy atom. The van der Waals surface area contributed by atoms with Gasteiger partial charge in [0, 0.05) is 30.0 Å². The number of ether oxygens (including phenoxy) is 1. The number of anilines is 1. The van der Waals surface area contributed by atoms with Crippen LogP contribution in [-0.4, -0.2) is 56.6 Å². The van der Waals surface area contributed by atoms with E-state index in [0.717, 1.165) is 22.7 Å². The molecule has 0 aliphatic heterocycles. The fourth-order valence-corrected chi connectivity index (χ4v) is 5.22. The normalized spacial score (nSPS) is 12.9. The molecule has 0 radical (unpaired) electrons. The highest BCUT2D eigenvalue weighted by molar-refractivity contribution is 9.10. The summed E-state index contributed by atoms with van der Waals surface area (Å²) in [4.78, 5) is 27.9. The Hall–Kier alpha value is -2.59. The number of nitrogens with zero attached hydrogens (tertiary/aromatic N) is 2. The van der Waals surface area contributed by atoms with Crippen molar-refractivity contribution >= 4 is 43.5 Å². The van der Waals surface area contributed by atoms with E-state index in [4.69, 9.17) is 4.74 Å². The van der Waals surface area contributed by atoms with Gasteiger partial charge in [0.2, 0.25) is 21.8 Å². The minimum Gasteiger partial charge on any atom is -0.492 e. The van der Waals surface area contributed by atoms with Crippen LogP contribution in [-0.2, 0) is 26.2 Å². The Bertz CT molecular complexity index is 1160. The molecule has 0 unspecified atom stereocenters. The fraction of sp³-hybridized carbons (Fsp3) is 0.481. The average molecular weight is 597 g/mol. The summed E-state index contributed by atoms with van der Waals surface area (Å²) < 4.78 is 33.0. The van der Waals surface area contributed by atoms with Crippen LogP contribution in [0.2, 0.25) is 0 Å². The number of halogens is 1. The first-order chi connectivity index (χ1) is 17.5. The monoisotopic (exact) mass is 595 g/mol. The van der Waals surface area contributed by atoms with E-state index >= 15 is 0 Å². The molecule has 0 aromatic heterocycles. The Kier molecular flexibility index (Phi) is 11.9. The topological polar surface area (TPSA) is 96.0 Å². The number of nitrogens with one attached hydrogen (secondary N) is 1. The molecule has 2 atom stereocenters. The van der Waals surface area contributed by atoms with E-state index in [2.05, 4.69) is 21.2 Å². The molecule has 0 heterocycles. The van der Waals surface area contributed by atoms with Gasteiger partial charge >= 0.3 is 0 Å². The van der Waals surface area contributed by atoms with Gasteiger partial charge < -0.3 is 15.0 Å². The van der Waals surface area contributed by atoms with Crippen molar-refractivity contribution in [3.63, 3.8) is 0 Å². The largest absolute Gasteiger partial charge is 0.492 e. The second kappa shape index (κ2) is 14.4. The maximum Gasteiger partial charge on any atom is 0.242 e. The predicted molar refractivity (Wildman–Crippen MR) is 151 cm³/mol. The van der Waals surface area contributed by atoms with Gasteiger partial charge in [-0.3, -0.25) is 13.9 Å². The van der Waals surface area contributed by atoms with Crippen LogP contribution >= 0.6 is 15.9 Å². The van der Waals surface area contributed by atoms with Crippen LogP contribution in [0, 0.1) is 0 Å². The molecular formula is C27H38BrN3O5S. The van der Waals surface area contributed by atoms with Gasteiger partial charge in [0.25, 0.3) is 0 Å². The van der Waals surface area contributed by atoms with Gasteiger partial charge in [-0.15, -0.1) is 0 Å². The van der Waals surface area contributed by atoms with Crippen LogP contribution < -0.4 is 14.4 Å². The second-order valence-electron chi connectivity index (χ2n) is 8.98. The molecule has 0 aliphatic carbocycles. The molecular weight excluding hydrogens is 558 g/mol. The van der Waals surface area contributed by atoms with Gasteiger partial charge in [-0.25, -0.2) is 8.42 Å². The van der Waals surface area contributed by atoms with Gasteiger partial charge in [-0.05, 0) is 63.4 Å². The van der Waals surface area contributed by atoms with Crippen molar-refractivity contribution in [1.82, 2.24) is 10.2 Å². The molecule has 204 valence electrons. The number of benzene rings is 2. The third-order valence-electron chi connectivity index (χ3n) is 6.00. The van der Waals surface area contributed by atoms with E-state index in [-0.39, 0.29) is 43.8 Å². The predicted octanol–water partition coefficient (Wildman–Crippen LogP) is 4.73. The lowest BCUT2D eigenvalue weighted by Crippen LogP contribution is -2.49. The molecule has 1 N–H and O–H groups in total. The minimum atomic E-state index is -3.62. The average Bonchev–Trinajstić information content (AvgIpc) is 2.84. The smallest absolute Gasteiger partial charge is 0.242 e. The Morgan fingerprint density at radius 1 is 1.08 bits per heavy atom. The molecule has 37 heavy (non-hydrogen) atoms. The Labute approximate surface area is 229 Å². The lowest BCUT2D eigenvalue weighted by molar-refractivity contribution is -0.140. The third-order valence-corrected chi connectivity index (χ3v) is 7.67. The van der Waals surface area contributed by atoms with Crippen LogP contribution in [0.4, 0.5) is 5.69 Å².